The van der Waals surface area contributed by atoms with Gasteiger partial charge < -0.3 is 4.90 Å². The molecule has 1 saturated heterocycles. The minimum atomic E-state index is -1.17. The Morgan fingerprint density at radius 2 is 1.65 bits per heavy atom. The van der Waals surface area contributed by atoms with Crippen molar-refractivity contribution < 1.29 is 18.0 Å². The van der Waals surface area contributed by atoms with Gasteiger partial charge in [0.15, 0.2) is 0 Å². The van der Waals surface area contributed by atoms with Gasteiger partial charge in [0.25, 0.3) is 5.91 Å². The normalized spacial score (nSPS) is 16.5. The van der Waals surface area contributed by atoms with E-state index in [0.29, 0.717) is 50.7 Å². The zero-order valence-electron chi connectivity index (χ0n) is 10.7. The van der Waals surface area contributed by atoms with Crippen LogP contribution in [0, 0.1) is 17.5 Å². The van der Waals surface area contributed by atoms with Crippen LogP contribution in [0.2, 0.25) is 0 Å². The lowest BCUT2D eigenvalue weighted by atomic mass is 10.1. The molecule has 0 N–H and O–H groups in total. The maximum absolute atomic E-state index is 13.6. The monoisotopic (exact) mass is 306 g/mol. The average molecular weight is 307 g/mol. The number of carbonyl (C=O) groups excluding carboxylic acids is 1. The van der Waals surface area contributed by atoms with Gasteiger partial charge >= 0.3 is 0 Å². The number of halogens is 4. The summed E-state index contributed by atoms with van der Waals surface area (Å²) in [5.41, 5.74) is -0.697. The van der Waals surface area contributed by atoms with Crippen molar-refractivity contribution >= 4 is 17.5 Å². The maximum Gasteiger partial charge on any atom is 0.259 e. The third-order valence-corrected chi connectivity index (χ3v) is 3.45. The SMILES string of the molecule is O=C(c1c(F)cc(F)cc1F)N1CCN(CCCl)CC1. The molecular formula is C13H14ClF3N2O. The second-order valence-electron chi connectivity index (χ2n) is 4.57. The number of hydrogen-bond acceptors (Lipinski definition) is 2. The molecule has 1 aromatic rings. The van der Waals surface area contributed by atoms with E-state index in [4.69, 9.17) is 11.6 Å². The van der Waals surface area contributed by atoms with Gasteiger partial charge in [0, 0.05) is 50.7 Å². The molecule has 20 heavy (non-hydrogen) atoms. The van der Waals surface area contributed by atoms with Crippen LogP contribution in [0.1, 0.15) is 10.4 Å². The highest BCUT2D eigenvalue weighted by atomic mass is 35.5. The molecule has 0 aliphatic carbocycles. The summed E-state index contributed by atoms with van der Waals surface area (Å²) >= 11 is 5.63. The van der Waals surface area contributed by atoms with E-state index >= 15 is 0 Å². The highest BCUT2D eigenvalue weighted by Crippen LogP contribution is 2.18. The number of hydrogen-bond donors (Lipinski definition) is 0. The Morgan fingerprint density at radius 3 is 2.15 bits per heavy atom. The number of alkyl halides is 1. The fraction of sp³-hybridized carbons (Fsp3) is 0.462. The Kier molecular flexibility index (Phi) is 4.88. The van der Waals surface area contributed by atoms with Crippen molar-refractivity contribution in [2.45, 2.75) is 0 Å². The second-order valence-corrected chi connectivity index (χ2v) is 4.95. The molecule has 7 heteroatoms. The number of carbonyl (C=O) groups is 1. The topological polar surface area (TPSA) is 23.6 Å². The van der Waals surface area contributed by atoms with Gasteiger partial charge in [-0.2, -0.15) is 0 Å². The molecule has 0 atom stereocenters. The van der Waals surface area contributed by atoms with Crippen molar-refractivity contribution in [3.05, 3.63) is 35.1 Å². The summed E-state index contributed by atoms with van der Waals surface area (Å²) in [6.45, 7) is 2.65. The van der Waals surface area contributed by atoms with Gasteiger partial charge in [0.05, 0.1) is 0 Å². The van der Waals surface area contributed by atoms with E-state index in [0.717, 1.165) is 0 Å². The molecule has 0 saturated carbocycles. The molecule has 1 fully saturated rings. The summed E-state index contributed by atoms with van der Waals surface area (Å²) in [7, 11) is 0. The molecule has 0 bridgehead atoms. The van der Waals surface area contributed by atoms with Crippen LogP contribution in [0.25, 0.3) is 0 Å². The van der Waals surface area contributed by atoms with Crippen LogP contribution in [0.5, 0.6) is 0 Å². The lowest BCUT2D eigenvalue weighted by Crippen LogP contribution is -2.49. The maximum atomic E-state index is 13.6. The van der Waals surface area contributed by atoms with Gasteiger partial charge in [-0.05, 0) is 0 Å². The second kappa shape index (κ2) is 6.45. The van der Waals surface area contributed by atoms with Gasteiger partial charge in [-0.25, -0.2) is 13.2 Å². The van der Waals surface area contributed by atoms with E-state index in [2.05, 4.69) is 4.90 Å². The van der Waals surface area contributed by atoms with Crippen LogP contribution in [0.3, 0.4) is 0 Å². The van der Waals surface area contributed by atoms with Crippen LogP contribution in [0.4, 0.5) is 13.2 Å². The average Bonchev–Trinajstić information content (AvgIpc) is 2.38. The lowest BCUT2D eigenvalue weighted by molar-refractivity contribution is 0.0634. The minimum Gasteiger partial charge on any atom is -0.336 e. The van der Waals surface area contributed by atoms with Gasteiger partial charge in [0.1, 0.15) is 23.0 Å². The first-order chi connectivity index (χ1) is 9.52. The molecule has 1 heterocycles. The Balaban J connectivity index is 2.10. The number of piperazine rings is 1. The van der Waals surface area contributed by atoms with Gasteiger partial charge in [-0.15, -0.1) is 11.6 Å². The first kappa shape index (κ1) is 15.1. The lowest BCUT2D eigenvalue weighted by Gasteiger charge is -2.34. The molecule has 1 amide bonds. The standard InChI is InChI=1S/C13H14ClF3N2O/c14-1-2-18-3-5-19(6-4-18)13(20)12-10(16)7-9(15)8-11(12)17/h7-8H,1-6H2. The summed E-state index contributed by atoms with van der Waals surface area (Å²) in [5, 5.41) is 0. The summed E-state index contributed by atoms with van der Waals surface area (Å²) in [5.74, 6) is -3.63. The number of nitrogens with zero attached hydrogens (tertiary/aromatic N) is 2. The van der Waals surface area contributed by atoms with Gasteiger partial charge in [0.2, 0.25) is 0 Å². The molecule has 1 aliphatic heterocycles. The van der Waals surface area contributed by atoms with Crippen molar-refractivity contribution in [1.29, 1.82) is 0 Å². The first-order valence-electron chi connectivity index (χ1n) is 6.25. The Morgan fingerprint density at radius 1 is 1.10 bits per heavy atom. The fourth-order valence-corrected chi connectivity index (χ4v) is 2.44. The van der Waals surface area contributed by atoms with Crippen molar-refractivity contribution in [3.8, 4) is 0 Å². The largest absolute Gasteiger partial charge is 0.336 e. The van der Waals surface area contributed by atoms with Crippen LogP contribution < -0.4 is 0 Å². The number of rotatable bonds is 3. The van der Waals surface area contributed by atoms with Crippen LogP contribution in [-0.4, -0.2) is 54.3 Å². The molecule has 0 unspecified atom stereocenters. The van der Waals surface area contributed by atoms with E-state index in [9.17, 15) is 18.0 Å². The quantitative estimate of drug-likeness (QED) is 0.799. The van der Waals surface area contributed by atoms with E-state index in [1.54, 1.807) is 0 Å². The number of amides is 1. The summed E-state index contributed by atoms with van der Waals surface area (Å²) < 4.78 is 39.9. The summed E-state index contributed by atoms with van der Waals surface area (Å²) in [4.78, 5) is 15.5. The fourth-order valence-electron chi connectivity index (χ4n) is 2.20. The zero-order chi connectivity index (χ0) is 14.7. The first-order valence-corrected chi connectivity index (χ1v) is 6.78. The molecule has 0 aromatic heterocycles. The molecule has 1 aromatic carbocycles. The zero-order valence-corrected chi connectivity index (χ0v) is 11.5. The molecule has 3 nitrogen and oxygen atoms in total. The molecule has 2 rings (SSSR count). The molecule has 0 spiro atoms. The van der Waals surface area contributed by atoms with Gasteiger partial charge in [-0.3, -0.25) is 9.69 Å². The molecule has 0 radical (unpaired) electrons. The highest BCUT2D eigenvalue weighted by Gasteiger charge is 2.26. The highest BCUT2D eigenvalue weighted by molar-refractivity contribution is 6.18. The van der Waals surface area contributed by atoms with E-state index < -0.39 is 28.9 Å². The van der Waals surface area contributed by atoms with Crippen molar-refractivity contribution in [3.63, 3.8) is 0 Å². The van der Waals surface area contributed by atoms with Crippen LogP contribution in [0.15, 0.2) is 12.1 Å². The molecule has 1 aliphatic rings. The summed E-state index contributed by atoms with van der Waals surface area (Å²) in [6.07, 6.45) is 0. The smallest absolute Gasteiger partial charge is 0.259 e. The van der Waals surface area contributed by atoms with Crippen molar-refractivity contribution in [2.75, 3.05) is 38.6 Å². The molecular weight excluding hydrogens is 293 g/mol. The Bertz CT molecular complexity index is 481. The summed E-state index contributed by atoms with van der Waals surface area (Å²) in [6, 6.07) is 1.03. The van der Waals surface area contributed by atoms with E-state index in [1.165, 1.54) is 4.90 Å². The third kappa shape index (κ3) is 3.24. The van der Waals surface area contributed by atoms with Gasteiger partial charge in [-0.1, -0.05) is 0 Å². The third-order valence-electron chi connectivity index (χ3n) is 3.28. The Labute approximate surface area is 119 Å². The van der Waals surface area contributed by atoms with Crippen LogP contribution in [-0.2, 0) is 0 Å². The van der Waals surface area contributed by atoms with E-state index in [1.807, 2.05) is 0 Å². The van der Waals surface area contributed by atoms with E-state index in [-0.39, 0.29) is 0 Å². The minimum absolute atomic E-state index is 0.367. The van der Waals surface area contributed by atoms with Crippen molar-refractivity contribution in [2.24, 2.45) is 0 Å². The van der Waals surface area contributed by atoms with Crippen molar-refractivity contribution in [1.82, 2.24) is 9.80 Å². The predicted octanol–water partition coefficient (Wildman–Crippen LogP) is 2.10. The Hall–Kier alpha value is -1.27. The molecule has 110 valence electrons. The predicted molar refractivity (Wildman–Crippen MR) is 69.4 cm³/mol. The number of benzene rings is 1. The van der Waals surface area contributed by atoms with Crippen LogP contribution >= 0.6 is 11.6 Å².